The van der Waals surface area contributed by atoms with Gasteiger partial charge in [0.2, 0.25) is 5.91 Å². The number of imidazole rings is 1. The predicted octanol–water partition coefficient (Wildman–Crippen LogP) is 2.18. The van der Waals surface area contributed by atoms with Crippen LogP contribution in [0.1, 0.15) is 45.6 Å². The fourth-order valence-corrected chi connectivity index (χ4v) is 3.28. The maximum atomic E-state index is 12.7. The molecule has 1 fully saturated rings. The fourth-order valence-electron chi connectivity index (χ4n) is 3.28. The van der Waals surface area contributed by atoms with E-state index in [4.69, 9.17) is 0 Å². The van der Waals surface area contributed by atoms with E-state index in [0.717, 1.165) is 31.4 Å². The standard InChI is InChI=1S/C17H24N4O2/c1-13(2)21-16-14(8-7-9-18-16)20(17(21)23)12-15(22)19-10-5-3-4-6-11-19/h7-9,13H,3-6,10-12H2,1-2H3. The third kappa shape index (κ3) is 3.02. The smallest absolute Gasteiger partial charge is 0.331 e. The van der Waals surface area contributed by atoms with Gasteiger partial charge in [-0.15, -0.1) is 0 Å². The van der Waals surface area contributed by atoms with Crippen LogP contribution in [0.2, 0.25) is 0 Å². The van der Waals surface area contributed by atoms with Gasteiger partial charge >= 0.3 is 5.69 Å². The third-order valence-corrected chi connectivity index (χ3v) is 4.49. The Morgan fingerprint density at radius 1 is 1.22 bits per heavy atom. The molecule has 124 valence electrons. The highest BCUT2D eigenvalue weighted by Gasteiger charge is 2.21. The van der Waals surface area contributed by atoms with Crippen molar-refractivity contribution in [3.63, 3.8) is 0 Å². The van der Waals surface area contributed by atoms with Gasteiger partial charge in [-0.2, -0.15) is 0 Å². The van der Waals surface area contributed by atoms with Gasteiger partial charge in [0.1, 0.15) is 6.54 Å². The van der Waals surface area contributed by atoms with E-state index in [9.17, 15) is 9.59 Å². The van der Waals surface area contributed by atoms with Crippen LogP contribution in [0.4, 0.5) is 0 Å². The van der Waals surface area contributed by atoms with Crippen molar-refractivity contribution in [2.24, 2.45) is 0 Å². The van der Waals surface area contributed by atoms with Crippen molar-refractivity contribution in [3.8, 4) is 0 Å². The minimum Gasteiger partial charge on any atom is -0.341 e. The Morgan fingerprint density at radius 3 is 2.57 bits per heavy atom. The van der Waals surface area contributed by atoms with E-state index in [1.165, 1.54) is 12.8 Å². The second-order valence-electron chi connectivity index (χ2n) is 6.47. The minimum absolute atomic E-state index is 0.00874. The van der Waals surface area contributed by atoms with E-state index in [2.05, 4.69) is 4.98 Å². The highest BCUT2D eigenvalue weighted by molar-refractivity contribution is 5.79. The molecule has 0 aliphatic carbocycles. The summed E-state index contributed by atoms with van der Waals surface area (Å²) in [5, 5.41) is 0. The van der Waals surface area contributed by atoms with Gasteiger partial charge in [-0.05, 0) is 38.8 Å². The zero-order valence-electron chi connectivity index (χ0n) is 13.9. The SMILES string of the molecule is CC(C)n1c(=O)n(CC(=O)N2CCCCCC2)c2cccnc21. The van der Waals surface area contributed by atoms with Crippen LogP contribution in [-0.2, 0) is 11.3 Å². The van der Waals surface area contributed by atoms with Gasteiger partial charge in [-0.25, -0.2) is 9.78 Å². The first-order valence-electron chi connectivity index (χ1n) is 8.43. The van der Waals surface area contributed by atoms with Gasteiger partial charge in [0, 0.05) is 25.3 Å². The number of nitrogens with zero attached hydrogens (tertiary/aromatic N) is 4. The first-order chi connectivity index (χ1) is 11.1. The topological polar surface area (TPSA) is 60.1 Å². The molecule has 2 aromatic heterocycles. The molecule has 0 N–H and O–H groups in total. The van der Waals surface area contributed by atoms with Crippen molar-refractivity contribution >= 4 is 17.1 Å². The van der Waals surface area contributed by atoms with Crippen molar-refractivity contribution in [2.45, 2.75) is 52.1 Å². The van der Waals surface area contributed by atoms with Gasteiger partial charge in [0.15, 0.2) is 5.65 Å². The lowest BCUT2D eigenvalue weighted by atomic mass is 10.2. The molecule has 0 unspecified atom stereocenters. The summed E-state index contributed by atoms with van der Waals surface area (Å²) in [6.07, 6.45) is 6.15. The Balaban J connectivity index is 1.95. The summed E-state index contributed by atoms with van der Waals surface area (Å²) in [5.74, 6) is 0.0284. The number of pyridine rings is 1. The average molecular weight is 316 g/mol. The van der Waals surface area contributed by atoms with Gasteiger partial charge < -0.3 is 4.90 Å². The van der Waals surface area contributed by atoms with E-state index < -0.39 is 0 Å². The van der Waals surface area contributed by atoms with Crippen LogP contribution >= 0.6 is 0 Å². The molecule has 6 heteroatoms. The normalized spacial score (nSPS) is 16.0. The second kappa shape index (κ2) is 6.56. The third-order valence-electron chi connectivity index (χ3n) is 4.49. The predicted molar refractivity (Wildman–Crippen MR) is 89.4 cm³/mol. The number of likely N-dealkylation sites (tertiary alicyclic amines) is 1. The number of amides is 1. The van der Waals surface area contributed by atoms with Gasteiger partial charge in [0.25, 0.3) is 0 Å². The number of fused-ring (bicyclic) bond motifs is 1. The lowest BCUT2D eigenvalue weighted by molar-refractivity contribution is -0.131. The Labute approximate surface area is 135 Å². The monoisotopic (exact) mass is 316 g/mol. The van der Waals surface area contributed by atoms with E-state index in [1.54, 1.807) is 21.4 Å². The van der Waals surface area contributed by atoms with E-state index in [0.29, 0.717) is 5.65 Å². The van der Waals surface area contributed by atoms with Crippen LogP contribution in [0.5, 0.6) is 0 Å². The molecule has 0 aromatic carbocycles. The lowest BCUT2D eigenvalue weighted by Crippen LogP contribution is -2.37. The highest BCUT2D eigenvalue weighted by atomic mass is 16.2. The van der Waals surface area contributed by atoms with Crippen LogP contribution in [0.25, 0.3) is 11.2 Å². The molecule has 0 radical (unpaired) electrons. The van der Waals surface area contributed by atoms with Gasteiger partial charge in [0.05, 0.1) is 5.52 Å². The van der Waals surface area contributed by atoms with Crippen LogP contribution in [0, 0.1) is 0 Å². The second-order valence-corrected chi connectivity index (χ2v) is 6.47. The molecule has 3 rings (SSSR count). The summed E-state index contributed by atoms with van der Waals surface area (Å²) in [4.78, 5) is 31.6. The fraction of sp³-hybridized carbons (Fsp3) is 0.588. The van der Waals surface area contributed by atoms with Crippen molar-refractivity contribution in [1.29, 1.82) is 0 Å². The van der Waals surface area contributed by atoms with Crippen molar-refractivity contribution in [2.75, 3.05) is 13.1 Å². The quantitative estimate of drug-likeness (QED) is 0.872. The molecule has 6 nitrogen and oxygen atoms in total. The van der Waals surface area contributed by atoms with E-state index >= 15 is 0 Å². The summed E-state index contributed by atoms with van der Waals surface area (Å²) in [5.41, 5.74) is 1.22. The summed E-state index contributed by atoms with van der Waals surface area (Å²) in [6.45, 7) is 5.61. The molecule has 0 atom stereocenters. The zero-order chi connectivity index (χ0) is 16.4. The molecule has 2 aromatic rings. The maximum Gasteiger partial charge on any atom is 0.331 e. The number of aromatic nitrogens is 3. The maximum absolute atomic E-state index is 12.7. The minimum atomic E-state index is -0.156. The molecule has 1 amide bonds. The molecule has 1 aliphatic heterocycles. The van der Waals surface area contributed by atoms with Crippen LogP contribution < -0.4 is 5.69 Å². The summed E-state index contributed by atoms with van der Waals surface area (Å²) in [7, 11) is 0. The molecule has 0 saturated carbocycles. The number of hydrogen-bond donors (Lipinski definition) is 0. The number of carbonyl (C=O) groups is 1. The Bertz CT molecular complexity index is 752. The van der Waals surface area contributed by atoms with E-state index in [1.807, 2.05) is 24.8 Å². The molecule has 0 spiro atoms. The Hall–Kier alpha value is -2.11. The highest BCUT2D eigenvalue weighted by Crippen LogP contribution is 2.15. The van der Waals surface area contributed by atoms with Crippen molar-refractivity contribution < 1.29 is 4.79 Å². The Kier molecular flexibility index (Phi) is 4.50. The van der Waals surface area contributed by atoms with Crippen molar-refractivity contribution in [3.05, 3.63) is 28.8 Å². The Morgan fingerprint density at radius 2 is 1.91 bits per heavy atom. The molecular formula is C17H24N4O2. The molecule has 0 bridgehead atoms. The first kappa shape index (κ1) is 15.8. The summed E-state index contributed by atoms with van der Waals surface area (Å²) in [6, 6.07) is 3.67. The van der Waals surface area contributed by atoms with Crippen molar-refractivity contribution in [1.82, 2.24) is 19.0 Å². The van der Waals surface area contributed by atoms with Crippen LogP contribution in [0.3, 0.4) is 0 Å². The summed E-state index contributed by atoms with van der Waals surface area (Å²) >= 11 is 0. The lowest BCUT2D eigenvalue weighted by Gasteiger charge is -2.20. The van der Waals surface area contributed by atoms with Crippen LogP contribution in [-0.4, -0.2) is 38.0 Å². The molecule has 1 saturated heterocycles. The first-order valence-corrected chi connectivity index (χ1v) is 8.43. The van der Waals surface area contributed by atoms with Gasteiger partial charge in [-0.1, -0.05) is 12.8 Å². The zero-order valence-corrected chi connectivity index (χ0v) is 13.9. The number of hydrogen-bond acceptors (Lipinski definition) is 3. The van der Waals surface area contributed by atoms with Crippen LogP contribution in [0.15, 0.2) is 23.1 Å². The molecule has 1 aliphatic rings. The summed E-state index contributed by atoms with van der Waals surface area (Å²) < 4.78 is 3.22. The number of carbonyl (C=O) groups excluding carboxylic acids is 1. The largest absolute Gasteiger partial charge is 0.341 e. The molecule has 23 heavy (non-hydrogen) atoms. The van der Waals surface area contributed by atoms with Gasteiger partial charge in [-0.3, -0.25) is 13.9 Å². The van der Waals surface area contributed by atoms with E-state index in [-0.39, 0.29) is 24.2 Å². The molecular weight excluding hydrogens is 292 g/mol. The number of rotatable bonds is 3. The average Bonchev–Trinajstić information content (AvgIpc) is 2.72. The molecule has 3 heterocycles.